The first-order valence-electron chi connectivity index (χ1n) is 8.11. The molecule has 4 nitrogen and oxygen atoms in total. The molecule has 0 aliphatic carbocycles. The molecule has 0 saturated carbocycles. The molecule has 0 bridgehead atoms. The number of rotatable bonds is 4. The number of aromatic nitrogens is 2. The van der Waals surface area contributed by atoms with Crippen molar-refractivity contribution in [3.63, 3.8) is 0 Å². The molecule has 1 aromatic heterocycles. The molecule has 0 saturated heterocycles. The number of carbonyl (C=O) groups excluding carboxylic acids is 1. The molecule has 0 unspecified atom stereocenters. The number of benzene rings is 2. The number of amides is 1. The van der Waals surface area contributed by atoms with E-state index in [0.29, 0.717) is 5.56 Å². The van der Waals surface area contributed by atoms with Crippen molar-refractivity contribution in [2.75, 3.05) is 5.32 Å². The van der Waals surface area contributed by atoms with E-state index < -0.39 is 0 Å². The zero-order chi connectivity index (χ0) is 17.1. The topological polar surface area (TPSA) is 46.9 Å². The average molecular weight is 319 g/mol. The van der Waals surface area contributed by atoms with Crippen molar-refractivity contribution in [3.8, 4) is 5.69 Å². The van der Waals surface area contributed by atoms with Gasteiger partial charge in [0, 0.05) is 16.9 Å². The molecule has 1 N–H and O–H groups in total. The van der Waals surface area contributed by atoms with Crippen molar-refractivity contribution >= 4 is 11.6 Å². The number of carbonyl (C=O) groups is 1. The first-order valence-corrected chi connectivity index (χ1v) is 8.11. The second-order valence-electron chi connectivity index (χ2n) is 5.89. The van der Waals surface area contributed by atoms with Crippen LogP contribution in [0.4, 0.5) is 5.69 Å². The SMILES string of the molecule is CCc1cccc(NC(=O)c2ccc(-n3nc(C)cc3C)cc2)c1. The van der Waals surface area contributed by atoms with Gasteiger partial charge in [0.25, 0.3) is 5.91 Å². The highest BCUT2D eigenvalue weighted by Gasteiger charge is 2.08. The number of aryl methyl sites for hydroxylation is 3. The molecule has 24 heavy (non-hydrogen) atoms. The van der Waals surface area contributed by atoms with Crippen LogP contribution in [0.5, 0.6) is 0 Å². The van der Waals surface area contributed by atoms with E-state index >= 15 is 0 Å². The molecule has 4 heteroatoms. The number of nitrogens with zero attached hydrogens (tertiary/aromatic N) is 2. The summed E-state index contributed by atoms with van der Waals surface area (Å²) >= 11 is 0. The predicted octanol–water partition coefficient (Wildman–Crippen LogP) is 4.30. The van der Waals surface area contributed by atoms with Crippen LogP contribution >= 0.6 is 0 Å². The first kappa shape index (κ1) is 16.0. The van der Waals surface area contributed by atoms with Crippen molar-refractivity contribution in [1.29, 1.82) is 0 Å². The van der Waals surface area contributed by atoms with Gasteiger partial charge in [-0.05, 0) is 68.3 Å². The van der Waals surface area contributed by atoms with Crippen LogP contribution in [0.15, 0.2) is 54.6 Å². The van der Waals surface area contributed by atoms with Gasteiger partial charge in [-0.3, -0.25) is 4.79 Å². The monoisotopic (exact) mass is 319 g/mol. The Balaban J connectivity index is 1.77. The maximum Gasteiger partial charge on any atom is 0.255 e. The standard InChI is InChI=1S/C20H21N3O/c1-4-16-6-5-7-18(13-16)21-20(24)17-8-10-19(11-9-17)23-15(3)12-14(2)22-23/h5-13H,4H2,1-3H3,(H,21,24). The van der Waals surface area contributed by atoms with Gasteiger partial charge in [0.1, 0.15) is 0 Å². The van der Waals surface area contributed by atoms with Gasteiger partial charge in [-0.1, -0.05) is 19.1 Å². The van der Waals surface area contributed by atoms with E-state index in [2.05, 4.69) is 23.4 Å². The number of hydrogen-bond acceptors (Lipinski definition) is 2. The largest absolute Gasteiger partial charge is 0.322 e. The van der Waals surface area contributed by atoms with Crippen LogP contribution in [0.25, 0.3) is 5.69 Å². The Kier molecular flexibility index (Phi) is 4.47. The van der Waals surface area contributed by atoms with Crippen LogP contribution in [0.2, 0.25) is 0 Å². The summed E-state index contributed by atoms with van der Waals surface area (Å²) in [5.41, 5.74) is 5.65. The van der Waals surface area contributed by atoms with Crippen molar-refractivity contribution in [3.05, 3.63) is 77.1 Å². The minimum atomic E-state index is -0.108. The Morgan fingerprint density at radius 2 is 1.83 bits per heavy atom. The highest BCUT2D eigenvalue weighted by molar-refractivity contribution is 6.04. The molecule has 0 radical (unpaired) electrons. The number of anilines is 1. The second kappa shape index (κ2) is 6.71. The third kappa shape index (κ3) is 3.38. The van der Waals surface area contributed by atoms with Crippen LogP contribution < -0.4 is 5.32 Å². The lowest BCUT2D eigenvalue weighted by molar-refractivity contribution is 0.102. The van der Waals surface area contributed by atoms with Crippen LogP contribution in [0, 0.1) is 13.8 Å². The molecule has 2 aromatic carbocycles. The average Bonchev–Trinajstić information content (AvgIpc) is 2.93. The first-order chi connectivity index (χ1) is 11.6. The molecule has 122 valence electrons. The molecule has 0 aliphatic rings. The zero-order valence-corrected chi connectivity index (χ0v) is 14.2. The van der Waals surface area contributed by atoms with E-state index in [-0.39, 0.29) is 5.91 Å². The summed E-state index contributed by atoms with van der Waals surface area (Å²) in [6, 6.07) is 17.4. The predicted molar refractivity (Wildman–Crippen MR) is 96.8 cm³/mol. The van der Waals surface area contributed by atoms with Crippen molar-refractivity contribution in [1.82, 2.24) is 9.78 Å². The minimum Gasteiger partial charge on any atom is -0.322 e. The van der Waals surface area contributed by atoms with E-state index in [0.717, 1.165) is 29.2 Å². The Hall–Kier alpha value is -2.88. The quantitative estimate of drug-likeness (QED) is 0.779. The molecule has 0 spiro atoms. The molecular weight excluding hydrogens is 298 g/mol. The number of nitrogens with one attached hydrogen (secondary N) is 1. The van der Waals surface area contributed by atoms with E-state index in [9.17, 15) is 4.79 Å². The summed E-state index contributed by atoms with van der Waals surface area (Å²) in [7, 11) is 0. The van der Waals surface area contributed by atoms with Gasteiger partial charge in [0.15, 0.2) is 0 Å². The minimum absolute atomic E-state index is 0.108. The molecule has 0 atom stereocenters. The van der Waals surface area contributed by atoms with Crippen molar-refractivity contribution in [2.45, 2.75) is 27.2 Å². The molecule has 3 rings (SSSR count). The Bertz CT molecular complexity index is 863. The van der Waals surface area contributed by atoms with E-state index in [4.69, 9.17) is 0 Å². The number of hydrogen-bond donors (Lipinski definition) is 1. The fourth-order valence-electron chi connectivity index (χ4n) is 2.72. The van der Waals surface area contributed by atoms with Gasteiger partial charge >= 0.3 is 0 Å². The van der Waals surface area contributed by atoms with E-state index in [1.807, 2.05) is 67.1 Å². The molecule has 3 aromatic rings. The Morgan fingerprint density at radius 3 is 2.46 bits per heavy atom. The molecular formula is C20H21N3O. The fraction of sp³-hybridized carbons (Fsp3) is 0.200. The van der Waals surface area contributed by atoms with E-state index in [1.165, 1.54) is 5.56 Å². The zero-order valence-electron chi connectivity index (χ0n) is 14.2. The normalized spacial score (nSPS) is 10.6. The summed E-state index contributed by atoms with van der Waals surface area (Å²) in [4.78, 5) is 12.4. The smallest absolute Gasteiger partial charge is 0.255 e. The van der Waals surface area contributed by atoms with Gasteiger partial charge in [-0.15, -0.1) is 0 Å². The Labute approximate surface area is 142 Å². The molecule has 0 fully saturated rings. The van der Waals surface area contributed by atoms with Gasteiger partial charge in [0.05, 0.1) is 11.4 Å². The summed E-state index contributed by atoms with van der Waals surface area (Å²) < 4.78 is 1.88. The molecule has 0 aliphatic heterocycles. The van der Waals surface area contributed by atoms with Gasteiger partial charge in [0.2, 0.25) is 0 Å². The lowest BCUT2D eigenvalue weighted by Crippen LogP contribution is -2.12. The maximum absolute atomic E-state index is 12.4. The van der Waals surface area contributed by atoms with Gasteiger partial charge < -0.3 is 5.32 Å². The van der Waals surface area contributed by atoms with Crippen molar-refractivity contribution in [2.24, 2.45) is 0 Å². The van der Waals surface area contributed by atoms with Crippen LogP contribution in [0.1, 0.15) is 34.2 Å². The Morgan fingerprint density at radius 1 is 1.08 bits per heavy atom. The third-order valence-electron chi connectivity index (χ3n) is 3.98. The summed E-state index contributed by atoms with van der Waals surface area (Å²) in [6.07, 6.45) is 0.945. The fourth-order valence-corrected chi connectivity index (χ4v) is 2.72. The molecule has 1 heterocycles. The summed E-state index contributed by atoms with van der Waals surface area (Å²) in [5, 5.41) is 7.40. The van der Waals surface area contributed by atoms with Crippen LogP contribution in [0.3, 0.4) is 0 Å². The van der Waals surface area contributed by atoms with Crippen molar-refractivity contribution < 1.29 is 4.79 Å². The maximum atomic E-state index is 12.4. The van der Waals surface area contributed by atoms with E-state index in [1.54, 1.807) is 0 Å². The lowest BCUT2D eigenvalue weighted by atomic mass is 10.1. The second-order valence-corrected chi connectivity index (χ2v) is 5.89. The third-order valence-corrected chi connectivity index (χ3v) is 3.98. The van der Waals surface area contributed by atoms with Gasteiger partial charge in [-0.25, -0.2) is 4.68 Å². The lowest BCUT2D eigenvalue weighted by Gasteiger charge is -2.08. The highest BCUT2D eigenvalue weighted by Crippen LogP contribution is 2.15. The van der Waals surface area contributed by atoms with Gasteiger partial charge in [-0.2, -0.15) is 5.10 Å². The summed E-state index contributed by atoms with van der Waals surface area (Å²) in [5.74, 6) is -0.108. The van der Waals surface area contributed by atoms with Crippen LogP contribution in [-0.2, 0) is 6.42 Å². The molecule has 1 amide bonds. The highest BCUT2D eigenvalue weighted by atomic mass is 16.1. The summed E-state index contributed by atoms with van der Waals surface area (Å²) in [6.45, 7) is 6.08. The van der Waals surface area contributed by atoms with Crippen LogP contribution in [-0.4, -0.2) is 15.7 Å².